The molecule has 0 fully saturated rings. The zero-order valence-corrected chi connectivity index (χ0v) is 11.4. The molecule has 9 nitrogen and oxygen atoms in total. The van der Waals surface area contributed by atoms with Crippen molar-refractivity contribution >= 4 is 27.5 Å². The van der Waals surface area contributed by atoms with Gasteiger partial charge >= 0.3 is 57.1 Å². The fraction of sp³-hybridized carbons (Fsp3) is 0. The first-order valence-electron chi connectivity index (χ1n) is 1.95. The Hall–Kier alpha value is -0.149. The Balaban J connectivity index is -0.0000000270. The van der Waals surface area contributed by atoms with Gasteiger partial charge in [0.1, 0.15) is 0 Å². The second-order valence-electron chi connectivity index (χ2n) is 0.848. The molecule has 0 aliphatic heterocycles. The predicted octanol–water partition coefficient (Wildman–Crippen LogP) is -7.72. The van der Waals surface area contributed by atoms with Gasteiger partial charge in [0.15, 0.2) is 0 Å². The van der Waals surface area contributed by atoms with E-state index in [1.165, 1.54) is 0 Å². The van der Waals surface area contributed by atoms with E-state index in [4.69, 9.17) is 42.2 Å². The predicted molar refractivity (Wildman–Crippen MR) is 33.7 cm³/mol. The number of hydrogen-bond donors (Lipinski definition) is 6. The Kier molecular flexibility index (Phi) is 31.6. The SMILES string of the molecule is O=[Si](O)O.O=[Si](O)O.O=[Si](O)O.[H-].[Na+]. The number of hydrogen-bond acceptors (Lipinski definition) is 3. The standard InChI is InChI=1S/Na.3H2O3Si.H/c;3*1-4(2)3;/h;3*1-2H;/q+1;;;;-1. The second kappa shape index (κ2) is 17.8. The van der Waals surface area contributed by atoms with Gasteiger partial charge in [-0.2, -0.15) is 0 Å². The van der Waals surface area contributed by atoms with E-state index in [1.54, 1.807) is 0 Å². The minimum absolute atomic E-state index is 0. The van der Waals surface area contributed by atoms with Gasteiger partial charge in [-0.05, 0) is 0 Å². The average molecular weight is 258 g/mol. The van der Waals surface area contributed by atoms with E-state index in [2.05, 4.69) is 0 Å². The second-order valence-corrected chi connectivity index (χ2v) is 2.54. The summed E-state index contributed by atoms with van der Waals surface area (Å²) in [6.07, 6.45) is 0. The van der Waals surface area contributed by atoms with Gasteiger partial charge in [0.25, 0.3) is 0 Å². The van der Waals surface area contributed by atoms with Gasteiger partial charge in [0, 0.05) is 0 Å². The van der Waals surface area contributed by atoms with Crippen LogP contribution in [0.2, 0.25) is 0 Å². The maximum atomic E-state index is 8.74. The molecule has 0 amide bonds. The third-order valence-corrected chi connectivity index (χ3v) is 0. The average Bonchev–Trinajstić information content (AvgIpc) is 1.54. The molecule has 0 aromatic heterocycles. The Morgan fingerprint density at radius 2 is 0.615 bits per heavy atom. The smallest absolute Gasteiger partial charge is 1.00 e. The van der Waals surface area contributed by atoms with Crippen LogP contribution in [0.1, 0.15) is 1.43 Å². The molecule has 6 N–H and O–H groups in total. The van der Waals surface area contributed by atoms with E-state index in [0.29, 0.717) is 0 Å². The number of rotatable bonds is 0. The molecule has 0 saturated heterocycles. The molecule has 0 aliphatic carbocycles. The summed E-state index contributed by atoms with van der Waals surface area (Å²) in [6.45, 7) is 0. The van der Waals surface area contributed by atoms with Gasteiger partial charge in [-0.1, -0.05) is 0 Å². The van der Waals surface area contributed by atoms with Gasteiger partial charge in [-0.15, -0.1) is 0 Å². The minimum Gasteiger partial charge on any atom is -1.00 e. The Morgan fingerprint density at radius 1 is 0.615 bits per heavy atom. The van der Waals surface area contributed by atoms with Crippen molar-refractivity contribution in [2.75, 3.05) is 0 Å². The Labute approximate surface area is 100 Å². The topological polar surface area (TPSA) is 173 Å². The summed E-state index contributed by atoms with van der Waals surface area (Å²) < 4.78 is 26.2. The van der Waals surface area contributed by atoms with Crippen LogP contribution in [0.3, 0.4) is 0 Å². The molecule has 0 aromatic rings. The largest absolute Gasteiger partial charge is 1.00 e. The molecule has 0 aliphatic rings. The van der Waals surface area contributed by atoms with Crippen LogP contribution < -0.4 is 29.6 Å². The molecule has 13 heteroatoms. The van der Waals surface area contributed by atoms with Crippen molar-refractivity contribution in [1.82, 2.24) is 0 Å². The molecular weight excluding hydrogens is 251 g/mol. The zero-order chi connectivity index (χ0) is 10.7. The molecule has 13 heavy (non-hydrogen) atoms. The summed E-state index contributed by atoms with van der Waals surface area (Å²) in [5, 5.41) is 0. The van der Waals surface area contributed by atoms with Crippen molar-refractivity contribution in [2.24, 2.45) is 0 Å². The van der Waals surface area contributed by atoms with Crippen LogP contribution in [0.4, 0.5) is 0 Å². The monoisotopic (exact) mass is 258 g/mol. The van der Waals surface area contributed by atoms with Gasteiger partial charge < -0.3 is 30.2 Å². The van der Waals surface area contributed by atoms with Crippen molar-refractivity contribution < 1.29 is 73.1 Å². The summed E-state index contributed by atoms with van der Waals surface area (Å²) >= 11 is 0. The van der Waals surface area contributed by atoms with E-state index in [0.717, 1.165) is 0 Å². The van der Waals surface area contributed by atoms with Crippen LogP contribution >= 0.6 is 0 Å². The van der Waals surface area contributed by atoms with Gasteiger partial charge in [-0.3, -0.25) is 13.4 Å². The fourth-order valence-corrected chi connectivity index (χ4v) is 0. The van der Waals surface area contributed by atoms with E-state index < -0.39 is 27.5 Å². The molecule has 0 spiro atoms. The fourth-order valence-electron chi connectivity index (χ4n) is 0. The van der Waals surface area contributed by atoms with Crippen LogP contribution in [-0.4, -0.2) is 56.3 Å². The normalized spacial score (nSPS) is 5.54. The first-order chi connectivity index (χ1) is 5.20. The first kappa shape index (κ1) is 23.0. The molecule has 0 aromatic carbocycles. The molecule has 0 saturated carbocycles. The molecule has 0 radical (unpaired) electrons. The van der Waals surface area contributed by atoms with Crippen molar-refractivity contribution in [3.8, 4) is 0 Å². The van der Waals surface area contributed by atoms with E-state index >= 15 is 0 Å². The molecule has 0 unspecified atom stereocenters. The van der Waals surface area contributed by atoms with Crippen LogP contribution in [-0.2, 0) is 13.4 Å². The van der Waals surface area contributed by atoms with Crippen LogP contribution in [0, 0.1) is 0 Å². The minimum atomic E-state index is -3.13. The molecule has 74 valence electrons. The van der Waals surface area contributed by atoms with Gasteiger partial charge in [0.05, 0.1) is 0 Å². The van der Waals surface area contributed by atoms with Crippen LogP contribution in [0.15, 0.2) is 0 Å². The third kappa shape index (κ3) is 51600. The summed E-state index contributed by atoms with van der Waals surface area (Å²) in [7, 11) is -9.39. The van der Waals surface area contributed by atoms with E-state index in [-0.39, 0.29) is 31.0 Å². The molecular formula is H7NaO9Si3. The van der Waals surface area contributed by atoms with E-state index in [9.17, 15) is 0 Å². The van der Waals surface area contributed by atoms with Crippen molar-refractivity contribution in [3.63, 3.8) is 0 Å². The molecule has 0 bridgehead atoms. The Morgan fingerprint density at radius 3 is 0.615 bits per heavy atom. The van der Waals surface area contributed by atoms with E-state index in [1.807, 2.05) is 0 Å². The molecule has 0 rings (SSSR count). The summed E-state index contributed by atoms with van der Waals surface area (Å²) in [6, 6.07) is 0. The van der Waals surface area contributed by atoms with Crippen molar-refractivity contribution in [1.29, 1.82) is 0 Å². The maximum Gasteiger partial charge on any atom is 1.00 e. The Bertz CT molecular complexity index is 118. The molecule has 0 atom stereocenters. The first-order valence-corrected chi connectivity index (χ1v) is 5.86. The third-order valence-electron chi connectivity index (χ3n) is 0. The van der Waals surface area contributed by atoms with Gasteiger partial charge in [0.2, 0.25) is 0 Å². The maximum absolute atomic E-state index is 8.74. The zero-order valence-electron chi connectivity index (χ0n) is 7.41. The summed E-state index contributed by atoms with van der Waals surface area (Å²) in [4.78, 5) is 42.9. The summed E-state index contributed by atoms with van der Waals surface area (Å²) in [5.41, 5.74) is 0. The molecule has 0 heterocycles. The quantitative estimate of drug-likeness (QED) is 0.231. The van der Waals surface area contributed by atoms with Crippen LogP contribution in [0.25, 0.3) is 0 Å². The van der Waals surface area contributed by atoms with Crippen LogP contribution in [0.5, 0.6) is 0 Å². The van der Waals surface area contributed by atoms with Crippen molar-refractivity contribution in [2.45, 2.75) is 0 Å². The van der Waals surface area contributed by atoms with Crippen molar-refractivity contribution in [3.05, 3.63) is 0 Å². The summed E-state index contributed by atoms with van der Waals surface area (Å²) in [5.74, 6) is 0. The van der Waals surface area contributed by atoms with Gasteiger partial charge in [-0.25, -0.2) is 0 Å².